The Bertz CT molecular complexity index is 428. The van der Waals surface area contributed by atoms with Gasteiger partial charge in [-0.15, -0.1) is 0 Å². The van der Waals surface area contributed by atoms with Crippen molar-refractivity contribution in [3.63, 3.8) is 0 Å². The minimum absolute atomic E-state index is 0.170. The van der Waals surface area contributed by atoms with Crippen molar-refractivity contribution < 1.29 is 14.6 Å². The SMILES string of the molecule is CCc1ccc(C(O)C(CCC(=O)OC)NC(C)C)cc1. The summed E-state index contributed by atoms with van der Waals surface area (Å²) in [6.07, 6.45) is 1.18. The summed E-state index contributed by atoms with van der Waals surface area (Å²) in [4.78, 5) is 11.3. The molecule has 0 aliphatic rings. The van der Waals surface area contributed by atoms with Crippen LogP contribution in [-0.4, -0.2) is 30.3 Å². The number of aryl methyl sites for hydroxylation is 1. The summed E-state index contributed by atoms with van der Waals surface area (Å²) in [5.74, 6) is -0.251. The zero-order chi connectivity index (χ0) is 15.8. The first-order valence-corrected chi connectivity index (χ1v) is 7.57. The highest BCUT2D eigenvalue weighted by Gasteiger charge is 2.22. The maximum absolute atomic E-state index is 11.3. The summed E-state index contributed by atoms with van der Waals surface area (Å²) in [5.41, 5.74) is 2.11. The number of aliphatic hydroxyl groups excluding tert-OH is 1. The second-order valence-corrected chi connectivity index (χ2v) is 5.58. The normalized spacial score (nSPS) is 14.0. The molecule has 0 aliphatic heterocycles. The molecule has 4 nitrogen and oxygen atoms in total. The molecule has 118 valence electrons. The highest BCUT2D eigenvalue weighted by molar-refractivity contribution is 5.69. The minimum Gasteiger partial charge on any atom is -0.469 e. The van der Waals surface area contributed by atoms with Gasteiger partial charge in [-0.05, 0) is 24.0 Å². The Morgan fingerprint density at radius 1 is 1.29 bits per heavy atom. The molecule has 0 saturated heterocycles. The monoisotopic (exact) mass is 293 g/mol. The van der Waals surface area contributed by atoms with Gasteiger partial charge in [0.05, 0.1) is 13.2 Å². The maximum Gasteiger partial charge on any atom is 0.305 e. The number of hydrogen-bond donors (Lipinski definition) is 2. The molecule has 0 bridgehead atoms. The summed E-state index contributed by atoms with van der Waals surface area (Å²) in [6.45, 7) is 6.15. The van der Waals surface area contributed by atoms with E-state index in [1.165, 1.54) is 12.7 Å². The van der Waals surface area contributed by atoms with Crippen molar-refractivity contribution in [2.75, 3.05) is 7.11 Å². The summed E-state index contributed by atoms with van der Waals surface area (Å²) < 4.78 is 4.67. The summed E-state index contributed by atoms with van der Waals surface area (Å²) in [7, 11) is 1.38. The smallest absolute Gasteiger partial charge is 0.305 e. The summed E-state index contributed by atoms with van der Waals surface area (Å²) >= 11 is 0. The van der Waals surface area contributed by atoms with E-state index >= 15 is 0 Å². The van der Waals surface area contributed by atoms with Crippen LogP contribution in [-0.2, 0) is 16.0 Å². The molecule has 0 fully saturated rings. The third-order valence-electron chi connectivity index (χ3n) is 3.55. The van der Waals surface area contributed by atoms with E-state index in [4.69, 9.17) is 0 Å². The van der Waals surface area contributed by atoms with E-state index in [2.05, 4.69) is 17.0 Å². The molecule has 0 amide bonds. The van der Waals surface area contributed by atoms with Crippen LogP contribution in [0.25, 0.3) is 0 Å². The van der Waals surface area contributed by atoms with Gasteiger partial charge < -0.3 is 15.2 Å². The number of hydrogen-bond acceptors (Lipinski definition) is 4. The largest absolute Gasteiger partial charge is 0.469 e. The van der Waals surface area contributed by atoms with E-state index in [1.807, 2.05) is 38.1 Å². The molecule has 0 aliphatic carbocycles. The maximum atomic E-state index is 11.3. The Hall–Kier alpha value is -1.39. The number of methoxy groups -OCH3 is 1. The van der Waals surface area contributed by atoms with Crippen LogP contribution >= 0.6 is 0 Å². The van der Waals surface area contributed by atoms with Crippen LogP contribution in [0, 0.1) is 0 Å². The van der Waals surface area contributed by atoms with Crippen molar-refractivity contribution in [3.8, 4) is 0 Å². The van der Waals surface area contributed by atoms with E-state index in [9.17, 15) is 9.90 Å². The van der Waals surface area contributed by atoms with E-state index in [-0.39, 0.29) is 18.1 Å². The summed E-state index contributed by atoms with van der Waals surface area (Å²) in [5, 5.41) is 13.9. The Balaban J connectivity index is 2.76. The Kier molecular flexibility index (Phi) is 7.40. The van der Waals surface area contributed by atoms with Crippen LogP contribution in [0.1, 0.15) is 50.8 Å². The molecule has 4 heteroatoms. The molecule has 2 unspecified atom stereocenters. The predicted octanol–water partition coefficient (Wildman–Crippen LogP) is 2.60. The molecule has 0 saturated carbocycles. The number of benzene rings is 1. The van der Waals surface area contributed by atoms with Crippen LogP contribution in [0.2, 0.25) is 0 Å². The average Bonchev–Trinajstić information content (AvgIpc) is 2.50. The molecular formula is C17H27NO3. The lowest BCUT2D eigenvalue weighted by molar-refractivity contribution is -0.141. The fourth-order valence-corrected chi connectivity index (χ4v) is 2.32. The molecule has 1 aromatic rings. The standard InChI is InChI=1S/C17H27NO3/c1-5-13-6-8-14(9-7-13)17(20)15(18-12(2)3)10-11-16(19)21-4/h6-9,12,15,17-18,20H,5,10-11H2,1-4H3. The molecule has 0 radical (unpaired) electrons. The fraction of sp³-hybridized carbons (Fsp3) is 0.588. The lowest BCUT2D eigenvalue weighted by Gasteiger charge is -2.26. The van der Waals surface area contributed by atoms with E-state index < -0.39 is 6.10 Å². The van der Waals surface area contributed by atoms with Gasteiger partial charge in [-0.1, -0.05) is 45.0 Å². The third kappa shape index (κ3) is 5.86. The number of carbonyl (C=O) groups excluding carboxylic acids is 1. The predicted molar refractivity (Wildman–Crippen MR) is 84.1 cm³/mol. The zero-order valence-corrected chi connectivity index (χ0v) is 13.4. The van der Waals surface area contributed by atoms with Crippen molar-refractivity contribution in [1.29, 1.82) is 0 Å². The van der Waals surface area contributed by atoms with Gasteiger partial charge in [0.15, 0.2) is 0 Å². The highest BCUT2D eigenvalue weighted by atomic mass is 16.5. The highest BCUT2D eigenvalue weighted by Crippen LogP contribution is 2.21. The van der Waals surface area contributed by atoms with Gasteiger partial charge in [-0.25, -0.2) is 0 Å². The quantitative estimate of drug-likeness (QED) is 0.723. The molecule has 2 atom stereocenters. The van der Waals surface area contributed by atoms with Crippen LogP contribution in [0.15, 0.2) is 24.3 Å². The van der Waals surface area contributed by atoms with Crippen molar-refractivity contribution in [1.82, 2.24) is 5.32 Å². The lowest BCUT2D eigenvalue weighted by Crippen LogP contribution is -2.39. The molecule has 21 heavy (non-hydrogen) atoms. The first-order valence-electron chi connectivity index (χ1n) is 7.57. The van der Waals surface area contributed by atoms with Crippen LogP contribution in [0.3, 0.4) is 0 Å². The molecule has 0 heterocycles. The van der Waals surface area contributed by atoms with E-state index in [0.29, 0.717) is 12.8 Å². The van der Waals surface area contributed by atoms with Gasteiger partial charge in [-0.3, -0.25) is 4.79 Å². The van der Waals surface area contributed by atoms with Gasteiger partial charge in [-0.2, -0.15) is 0 Å². The van der Waals surface area contributed by atoms with E-state index in [0.717, 1.165) is 12.0 Å². The van der Waals surface area contributed by atoms with Gasteiger partial charge in [0.2, 0.25) is 0 Å². The fourth-order valence-electron chi connectivity index (χ4n) is 2.32. The Labute approximate surface area is 127 Å². The third-order valence-corrected chi connectivity index (χ3v) is 3.55. The molecule has 1 aromatic carbocycles. The first-order chi connectivity index (χ1) is 9.97. The average molecular weight is 293 g/mol. The number of carbonyl (C=O) groups is 1. The van der Waals surface area contributed by atoms with Gasteiger partial charge in [0.1, 0.15) is 0 Å². The zero-order valence-electron chi connectivity index (χ0n) is 13.4. The van der Waals surface area contributed by atoms with Crippen LogP contribution in [0.4, 0.5) is 0 Å². The molecule has 2 N–H and O–H groups in total. The minimum atomic E-state index is -0.636. The number of rotatable bonds is 8. The van der Waals surface area contributed by atoms with Gasteiger partial charge in [0, 0.05) is 18.5 Å². The van der Waals surface area contributed by atoms with Crippen LogP contribution in [0.5, 0.6) is 0 Å². The first kappa shape index (κ1) is 17.7. The second-order valence-electron chi connectivity index (χ2n) is 5.58. The van der Waals surface area contributed by atoms with Crippen molar-refractivity contribution >= 4 is 5.97 Å². The Morgan fingerprint density at radius 2 is 1.90 bits per heavy atom. The summed E-state index contributed by atoms with van der Waals surface area (Å²) in [6, 6.07) is 8.04. The van der Waals surface area contributed by atoms with E-state index in [1.54, 1.807) is 0 Å². The second kappa shape index (κ2) is 8.80. The number of aliphatic hydroxyl groups is 1. The molecule has 0 aromatic heterocycles. The van der Waals surface area contributed by atoms with Gasteiger partial charge in [0.25, 0.3) is 0 Å². The molecule has 1 rings (SSSR count). The van der Waals surface area contributed by atoms with Crippen molar-refractivity contribution in [2.24, 2.45) is 0 Å². The van der Waals surface area contributed by atoms with Crippen molar-refractivity contribution in [3.05, 3.63) is 35.4 Å². The van der Waals surface area contributed by atoms with Crippen molar-refractivity contribution in [2.45, 2.75) is 58.2 Å². The topological polar surface area (TPSA) is 58.6 Å². The van der Waals surface area contributed by atoms with Gasteiger partial charge >= 0.3 is 5.97 Å². The molecular weight excluding hydrogens is 266 g/mol. The number of nitrogens with one attached hydrogen (secondary N) is 1. The lowest BCUT2D eigenvalue weighted by atomic mass is 9.96. The Morgan fingerprint density at radius 3 is 2.38 bits per heavy atom. The number of ether oxygens (including phenoxy) is 1. The van der Waals surface area contributed by atoms with Crippen LogP contribution < -0.4 is 5.32 Å². The number of esters is 1. The molecule has 0 spiro atoms.